The quantitative estimate of drug-likeness (QED) is 0.838. The topological polar surface area (TPSA) is 49.3 Å². The molecule has 1 amide bonds. The molecule has 0 saturated heterocycles. The summed E-state index contributed by atoms with van der Waals surface area (Å²) < 4.78 is 0. The number of aliphatic hydroxyl groups is 1. The molecule has 1 aromatic carbocycles. The Kier molecular flexibility index (Phi) is 5.83. The molecule has 114 valence electrons. The first kappa shape index (κ1) is 16.1. The lowest BCUT2D eigenvalue weighted by Crippen LogP contribution is -2.42. The Morgan fingerprint density at radius 2 is 2.19 bits per heavy atom. The highest BCUT2D eigenvalue weighted by molar-refractivity contribution is 6.31. The van der Waals surface area contributed by atoms with E-state index in [1.165, 1.54) is 6.08 Å². The maximum atomic E-state index is 12.0. The van der Waals surface area contributed by atoms with Crippen LogP contribution in [0.15, 0.2) is 24.3 Å². The molecule has 0 aromatic heterocycles. The van der Waals surface area contributed by atoms with E-state index in [1.807, 2.05) is 25.1 Å². The van der Waals surface area contributed by atoms with Gasteiger partial charge in [-0.15, -0.1) is 0 Å². The summed E-state index contributed by atoms with van der Waals surface area (Å²) >= 11 is 6.06. The summed E-state index contributed by atoms with van der Waals surface area (Å²) in [4.78, 5) is 12.0. The first-order valence-corrected chi connectivity index (χ1v) is 7.83. The number of halogens is 1. The smallest absolute Gasteiger partial charge is 0.244 e. The van der Waals surface area contributed by atoms with Crippen LogP contribution in [0.2, 0.25) is 5.02 Å². The van der Waals surface area contributed by atoms with E-state index in [1.54, 1.807) is 6.08 Å². The third-order valence-corrected chi connectivity index (χ3v) is 4.50. The average molecular weight is 308 g/mol. The fraction of sp³-hybridized carbons (Fsp3) is 0.471. The highest BCUT2D eigenvalue weighted by Gasteiger charge is 2.25. The number of benzene rings is 1. The van der Waals surface area contributed by atoms with Gasteiger partial charge in [0.05, 0.1) is 0 Å². The molecule has 21 heavy (non-hydrogen) atoms. The van der Waals surface area contributed by atoms with Crippen LogP contribution in [-0.4, -0.2) is 23.7 Å². The van der Waals surface area contributed by atoms with E-state index in [4.69, 9.17) is 11.6 Å². The molecule has 1 saturated carbocycles. The van der Waals surface area contributed by atoms with Crippen molar-refractivity contribution in [3.8, 4) is 0 Å². The van der Waals surface area contributed by atoms with Gasteiger partial charge < -0.3 is 10.4 Å². The molecule has 0 aliphatic heterocycles. The number of aryl methyl sites for hydroxylation is 1. The fourth-order valence-electron chi connectivity index (χ4n) is 2.73. The Bertz CT molecular complexity index is 528. The predicted octanol–water partition coefficient (Wildman–Crippen LogP) is 3.33. The summed E-state index contributed by atoms with van der Waals surface area (Å²) in [5, 5.41) is 13.1. The van der Waals surface area contributed by atoms with Crippen LogP contribution in [0.4, 0.5) is 0 Å². The largest absolute Gasteiger partial charge is 0.396 e. The number of carbonyl (C=O) groups excluding carboxylic acids is 1. The van der Waals surface area contributed by atoms with E-state index in [0.29, 0.717) is 5.02 Å². The van der Waals surface area contributed by atoms with Gasteiger partial charge in [0.25, 0.3) is 0 Å². The van der Waals surface area contributed by atoms with Gasteiger partial charge in [-0.25, -0.2) is 0 Å². The molecular formula is C17H22ClNO2. The lowest BCUT2D eigenvalue weighted by Gasteiger charge is -2.30. The molecule has 2 atom stereocenters. The summed E-state index contributed by atoms with van der Waals surface area (Å²) in [6, 6.07) is 5.80. The van der Waals surface area contributed by atoms with Crippen molar-refractivity contribution < 1.29 is 9.90 Å². The lowest BCUT2D eigenvalue weighted by molar-refractivity contribution is -0.117. The minimum atomic E-state index is -0.114. The maximum absolute atomic E-state index is 12.0. The molecule has 0 bridgehead atoms. The summed E-state index contributed by atoms with van der Waals surface area (Å²) in [7, 11) is 0. The standard InChI is InChI=1S/C17H22ClNO2/c1-12-6-7-13(10-15(12)18)8-9-17(21)19-16-5-3-2-4-14(16)11-20/h6-10,14,16,20H,2-5,11H2,1H3,(H,19,21)/b9-8+. The van der Waals surface area contributed by atoms with Crippen molar-refractivity contribution in [2.45, 2.75) is 38.6 Å². The van der Waals surface area contributed by atoms with Crippen LogP contribution in [0, 0.1) is 12.8 Å². The van der Waals surface area contributed by atoms with Crippen molar-refractivity contribution in [2.75, 3.05) is 6.61 Å². The monoisotopic (exact) mass is 307 g/mol. The number of carbonyl (C=O) groups is 1. The number of amides is 1. The van der Waals surface area contributed by atoms with E-state index in [9.17, 15) is 9.90 Å². The third kappa shape index (κ3) is 4.58. The molecule has 1 aliphatic carbocycles. The molecule has 3 nitrogen and oxygen atoms in total. The Hall–Kier alpha value is -1.32. The number of hydrogen-bond donors (Lipinski definition) is 2. The summed E-state index contributed by atoms with van der Waals surface area (Å²) in [5.74, 6) is 0.0713. The van der Waals surface area contributed by atoms with E-state index in [-0.39, 0.29) is 24.5 Å². The third-order valence-electron chi connectivity index (χ3n) is 4.09. The van der Waals surface area contributed by atoms with Crippen LogP contribution < -0.4 is 5.32 Å². The maximum Gasteiger partial charge on any atom is 0.244 e. The van der Waals surface area contributed by atoms with E-state index in [0.717, 1.165) is 36.8 Å². The highest BCUT2D eigenvalue weighted by Crippen LogP contribution is 2.24. The van der Waals surface area contributed by atoms with Crippen LogP contribution in [0.3, 0.4) is 0 Å². The van der Waals surface area contributed by atoms with Gasteiger partial charge in [-0.05, 0) is 43.0 Å². The normalized spacial score (nSPS) is 22.4. The molecule has 0 heterocycles. The molecule has 1 aliphatic rings. The van der Waals surface area contributed by atoms with Gasteiger partial charge in [0, 0.05) is 29.7 Å². The van der Waals surface area contributed by atoms with E-state index < -0.39 is 0 Å². The van der Waals surface area contributed by atoms with Crippen molar-refractivity contribution in [1.29, 1.82) is 0 Å². The van der Waals surface area contributed by atoms with Crippen LogP contribution >= 0.6 is 11.6 Å². The molecule has 1 aromatic rings. The Labute approximate surface area is 131 Å². The zero-order valence-corrected chi connectivity index (χ0v) is 13.1. The molecule has 0 spiro atoms. The Morgan fingerprint density at radius 1 is 1.43 bits per heavy atom. The van der Waals surface area contributed by atoms with Crippen molar-refractivity contribution >= 4 is 23.6 Å². The van der Waals surface area contributed by atoms with Crippen LogP contribution in [-0.2, 0) is 4.79 Å². The molecular weight excluding hydrogens is 286 g/mol. The SMILES string of the molecule is Cc1ccc(/C=C/C(=O)NC2CCCCC2CO)cc1Cl. The van der Waals surface area contributed by atoms with Gasteiger partial charge >= 0.3 is 0 Å². The van der Waals surface area contributed by atoms with Crippen molar-refractivity contribution in [3.63, 3.8) is 0 Å². The van der Waals surface area contributed by atoms with Crippen molar-refractivity contribution in [3.05, 3.63) is 40.4 Å². The Morgan fingerprint density at radius 3 is 2.90 bits per heavy atom. The van der Waals surface area contributed by atoms with Crippen molar-refractivity contribution in [2.24, 2.45) is 5.92 Å². The predicted molar refractivity (Wildman–Crippen MR) is 86.2 cm³/mol. The van der Waals surface area contributed by atoms with Crippen LogP contribution in [0.25, 0.3) is 6.08 Å². The highest BCUT2D eigenvalue weighted by atomic mass is 35.5. The first-order chi connectivity index (χ1) is 10.1. The zero-order chi connectivity index (χ0) is 15.2. The van der Waals surface area contributed by atoms with Gasteiger partial charge in [-0.2, -0.15) is 0 Å². The summed E-state index contributed by atoms with van der Waals surface area (Å²) in [5.41, 5.74) is 1.93. The summed E-state index contributed by atoms with van der Waals surface area (Å²) in [6.07, 6.45) is 7.47. The number of rotatable bonds is 4. The molecule has 0 radical (unpaired) electrons. The second-order valence-corrected chi connectivity index (χ2v) is 6.09. The molecule has 2 unspecified atom stereocenters. The van der Waals surface area contributed by atoms with Gasteiger partial charge in [0.2, 0.25) is 5.91 Å². The zero-order valence-electron chi connectivity index (χ0n) is 12.3. The summed E-state index contributed by atoms with van der Waals surface area (Å²) in [6.45, 7) is 2.09. The fourth-order valence-corrected chi connectivity index (χ4v) is 2.92. The van der Waals surface area contributed by atoms with E-state index in [2.05, 4.69) is 5.32 Å². The van der Waals surface area contributed by atoms with Crippen LogP contribution in [0.1, 0.15) is 36.8 Å². The molecule has 2 N–H and O–H groups in total. The van der Waals surface area contributed by atoms with Gasteiger partial charge in [-0.3, -0.25) is 4.79 Å². The van der Waals surface area contributed by atoms with E-state index >= 15 is 0 Å². The second-order valence-electron chi connectivity index (χ2n) is 5.68. The van der Waals surface area contributed by atoms with Gasteiger partial charge in [-0.1, -0.05) is 36.6 Å². The Balaban J connectivity index is 1.94. The minimum absolute atomic E-state index is 0.0857. The average Bonchev–Trinajstić information content (AvgIpc) is 2.49. The number of aliphatic hydroxyl groups excluding tert-OH is 1. The van der Waals surface area contributed by atoms with Crippen LogP contribution in [0.5, 0.6) is 0 Å². The number of hydrogen-bond acceptors (Lipinski definition) is 2. The lowest BCUT2D eigenvalue weighted by atomic mass is 9.85. The molecule has 4 heteroatoms. The second kappa shape index (κ2) is 7.62. The molecule has 1 fully saturated rings. The first-order valence-electron chi connectivity index (χ1n) is 7.45. The molecule has 2 rings (SSSR count). The minimum Gasteiger partial charge on any atom is -0.396 e. The number of nitrogens with one attached hydrogen (secondary N) is 1. The van der Waals surface area contributed by atoms with Crippen molar-refractivity contribution in [1.82, 2.24) is 5.32 Å². The van der Waals surface area contributed by atoms with Gasteiger partial charge in [0.1, 0.15) is 0 Å². The van der Waals surface area contributed by atoms with Gasteiger partial charge in [0.15, 0.2) is 0 Å².